The van der Waals surface area contributed by atoms with Crippen LogP contribution in [0.4, 0.5) is 5.69 Å². The van der Waals surface area contributed by atoms with Crippen LogP contribution in [0.15, 0.2) is 24.3 Å². The molecule has 0 heterocycles. The second-order valence-corrected chi connectivity index (χ2v) is 4.87. The number of para-hydroxylation sites is 1. The van der Waals surface area contributed by atoms with Gasteiger partial charge in [0, 0.05) is 24.7 Å². The van der Waals surface area contributed by atoms with E-state index in [0.29, 0.717) is 6.42 Å². The molecule has 0 aliphatic carbocycles. The normalized spacial score (nSPS) is 12.4. The molecule has 0 aliphatic rings. The Morgan fingerprint density at radius 2 is 2.06 bits per heavy atom. The molecule has 0 bridgehead atoms. The lowest BCUT2D eigenvalue weighted by Crippen LogP contribution is -2.19. The molecule has 4 nitrogen and oxygen atoms in total. The highest BCUT2D eigenvalue weighted by Gasteiger charge is 2.08. The lowest BCUT2D eigenvalue weighted by molar-refractivity contribution is -0.137. The summed E-state index contributed by atoms with van der Waals surface area (Å²) in [5.41, 5.74) is 2.31. The van der Waals surface area contributed by atoms with Crippen LogP contribution in [-0.2, 0) is 11.3 Å². The van der Waals surface area contributed by atoms with Gasteiger partial charge in [0.15, 0.2) is 0 Å². The first-order chi connectivity index (χ1) is 8.49. The van der Waals surface area contributed by atoms with Gasteiger partial charge in [-0.3, -0.25) is 4.79 Å². The highest BCUT2D eigenvalue weighted by Crippen LogP contribution is 2.18. The molecular weight excluding hydrogens is 228 g/mol. The fourth-order valence-corrected chi connectivity index (χ4v) is 1.82. The van der Waals surface area contributed by atoms with Crippen LogP contribution in [0.5, 0.6) is 0 Å². The Bertz CT molecular complexity index is 391. The summed E-state index contributed by atoms with van der Waals surface area (Å²) in [6, 6.07) is 8.30. The maximum Gasteiger partial charge on any atom is 0.303 e. The van der Waals surface area contributed by atoms with Gasteiger partial charge in [-0.05, 0) is 39.1 Å². The molecule has 18 heavy (non-hydrogen) atoms. The molecule has 1 rings (SSSR count). The van der Waals surface area contributed by atoms with Crippen molar-refractivity contribution >= 4 is 11.7 Å². The number of hydrogen-bond acceptors (Lipinski definition) is 3. The van der Waals surface area contributed by atoms with E-state index < -0.39 is 5.97 Å². The number of nitrogens with one attached hydrogen (secondary N) is 1. The van der Waals surface area contributed by atoms with Gasteiger partial charge in [0.2, 0.25) is 0 Å². The van der Waals surface area contributed by atoms with Gasteiger partial charge in [0.25, 0.3) is 0 Å². The topological polar surface area (TPSA) is 52.6 Å². The first-order valence-corrected chi connectivity index (χ1v) is 6.20. The van der Waals surface area contributed by atoms with Gasteiger partial charge < -0.3 is 15.3 Å². The average molecular weight is 250 g/mol. The number of anilines is 1. The lowest BCUT2D eigenvalue weighted by atomic mass is 10.1. The minimum atomic E-state index is -0.745. The van der Waals surface area contributed by atoms with E-state index in [1.807, 2.05) is 39.2 Å². The van der Waals surface area contributed by atoms with Crippen LogP contribution in [0.2, 0.25) is 0 Å². The van der Waals surface area contributed by atoms with Gasteiger partial charge >= 0.3 is 5.97 Å². The fourth-order valence-electron chi connectivity index (χ4n) is 1.82. The molecule has 0 saturated heterocycles. The van der Waals surface area contributed by atoms with E-state index in [1.54, 1.807) is 0 Å². The van der Waals surface area contributed by atoms with Gasteiger partial charge in [0.1, 0.15) is 0 Å². The van der Waals surface area contributed by atoms with Gasteiger partial charge in [-0.2, -0.15) is 0 Å². The molecule has 0 aliphatic heterocycles. The first kappa shape index (κ1) is 14.5. The Hall–Kier alpha value is -1.55. The van der Waals surface area contributed by atoms with Crippen molar-refractivity contribution in [1.29, 1.82) is 0 Å². The molecule has 1 atom stereocenters. The minimum Gasteiger partial charge on any atom is -0.481 e. The van der Waals surface area contributed by atoms with E-state index in [1.165, 1.54) is 5.56 Å². The van der Waals surface area contributed by atoms with E-state index in [2.05, 4.69) is 16.3 Å². The first-order valence-electron chi connectivity index (χ1n) is 6.20. The fraction of sp³-hybridized carbons (Fsp3) is 0.500. The summed E-state index contributed by atoms with van der Waals surface area (Å²) in [7, 11) is 4.06. The van der Waals surface area contributed by atoms with Crippen molar-refractivity contribution < 1.29 is 9.90 Å². The Balaban J connectivity index is 2.62. The maximum atomic E-state index is 10.5. The Kier molecular flexibility index (Phi) is 5.65. The van der Waals surface area contributed by atoms with Crippen molar-refractivity contribution in [1.82, 2.24) is 4.90 Å². The van der Waals surface area contributed by atoms with E-state index in [-0.39, 0.29) is 12.5 Å². The van der Waals surface area contributed by atoms with E-state index in [9.17, 15) is 4.79 Å². The summed E-state index contributed by atoms with van der Waals surface area (Å²) >= 11 is 0. The average Bonchev–Trinajstić information content (AvgIpc) is 2.28. The predicted octanol–water partition coefficient (Wildman–Crippen LogP) is 2.41. The van der Waals surface area contributed by atoms with Crippen LogP contribution in [0.1, 0.15) is 25.3 Å². The van der Waals surface area contributed by atoms with Gasteiger partial charge in [-0.25, -0.2) is 0 Å². The molecule has 0 aromatic heterocycles. The van der Waals surface area contributed by atoms with Crippen molar-refractivity contribution in [3.8, 4) is 0 Å². The van der Waals surface area contributed by atoms with Crippen molar-refractivity contribution in [2.24, 2.45) is 0 Å². The summed E-state index contributed by atoms with van der Waals surface area (Å²) in [6.45, 7) is 2.88. The summed E-state index contributed by atoms with van der Waals surface area (Å²) in [6.07, 6.45) is 0.829. The highest BCUT2D eigenvalue weighted by atomic mass is 16.4. The van der Waals surface area contributed by atoms with Crippen molar-refractivity contribution in [2.75, 3.05) is 19.4 Å². The monoisotopic (exact) mass is 250 g/mol. The zero-order chi connectivity index (χ0) is 13.5. The van der Waals surface area contributed by atoms with Crippen LogP contribution in [0, 0.1) is 0 Å². The molecule has 0 radical (unpaired) electrons. The smallest absolute Gasteiger partial charge is 0.303 e. The van der Waals surface area contributed by atoms with Crippen LogP contribution in [0.25, 0.3) is 0 Å². The lowest BCUT2D eigenvalue weighted by Gasteiger charge is -2.19. The van der Waals surface area contributed by atoms with Crippen LogP contribution in [-0.4, -0.2) is 36.1 Å². The molecule has 0 saturated carbocycles. The molecule has 0 spiro atoms. The second kappa shape index (κ2) is 7.01. The number of carbonyl (C=O) groups is 1. The number of benzene rings is 1. The summed E-state index contributed by atoms with van der Waals surface area (Å²) < 4.78 is 0. The molecule has 1 aromatic rings. The number of hydrogen-bond donors (Lipinski definition) is 2. The molecule has 0 fully saturated rings. The van der Waals surface area contributed by atoms with Gasteiger partial charge in [-0.1, -0.05) is 18.2 Å². The van der Waals surface area contributed by atoms with Crippen LogP contribution < -0.4 is 5.32 Å². The Morgan fingerprint density at radius 3 is 2.67 bits per heavy atom. The Labute approximate surface area is 109 Å². The maximum absolute atomic E-state index is 10.5. The number of aliphatic carboxylic acids is 1. The predicted molar refractivity (Wildman–Crippen MR) is 73.8 cm³/mol. The van der Waals surface area contributed by atoms with Gasteiger partial charge in [0.05, 0.1) is 0 Å². The largest absolute Gasteiger partial charge is 0.481 e. The third kappa shape index (κ3) is 5.19. The zero-order valence-electron chi connectivity index (χ0n) is 11.3. The number of nitrogens with zero attached hydrogens (tertiary/aromatic N) is 1. The number of carboxylic acids is 1. The van der Waals surface area contributed by atoms with Gasteiger partial charge in [-0.15, -0.1) is 0 Å². The van der Waals surface area contributed by atoms with Crippen molar-refractivity contribution in [3.63, 3.8) is 0 Å². The quantitative estimate of drug-likeness (QED) is 0.780. The zero-order valence-corrected chi connectivity index (χ0v) is 11.3. The molecule has 4 heteroatoms. The molecule has 1 aromatic carbocycles. The number of carboxylic acid groups (broad SMARTS) is 1. The summed E-state index contributed by atoms with van der Waals surface area (Å²) in [5.74, 6) is -0.745. The molecule has 2 N–H and O–H groups in total. The SMILES string of the molecule is CC(CCC(=O)O)Nc1ccccc1CN(C)C. The van der Waals surface area contributed by atoms with E-state index >= 15 is 0 Å². The minimum absolute atomic E-state index is 0.157. The molecule has 1 unspecified atom stereocenters. The van der Waals surface area contributed by atoms with E-state index in [0.717, 1.165) is 12.2 Å². The highest BCUT2D eigenvalue weighted by molar-refractivity contribution is 5.66. The summed E-state index contributed by atoms with van der Waals surface area (Å²) in [5, 5.41) is 12.0. The molecule has 0 amide bonds. The van der Waals surface area contributed by atoms with E-state index in [4.69, 9.17) is 5.11 Å². The van der Waals surface area contributed by atoms with Crippen molar-refractivity contribution in [3.05, 3.63) is 29.8 Å². The molecular formula is C14H22N2O2. The standard InChI is InChI=1S/C14H22N2O2/c1-11(8-9-14(17)18)15-13-7-5-4-6-12(13)10-16(2)3/h4-7,11,15H,8-10H2,1-3H3,(H,17,18). The second-order valence-electron chi connectivity index (χ2n) is 4.87. The summed E-state index contributed by atoms with van der Waals surface area (Å²) in [4.78, 5) is 12.6. The van der Waals surface area contributed by atoms with Crippen LogP contribution >= 0.6 is 0 Å². The van der Waals surface area contributed by atoms with Crippen LogP contribution in [0.3, 0.4) is 0 Å². The molecule has 100 valence electrons. The third-order valence-corrected chi connectivity index (χ3v) is 2.70. The third-order valence-electron chi connectivity index (χ3n) is 2.70. The number of rotatable bonds is 7. The Morgan fingerprint density at radius 1 is 1.39 bits per heavy atom. The van der Waals surface area contributed by atoms with Crippen molar-refractivity contribution in [2.45, 2.75) is 32.4 Å².